The molecule has 0 spiro atoms. The van der Waals surface area contributed by atoms with Crippen molar-refractivity contribution in [3.63, 3.8) is 0 Å². The first-order valence-electron chi connectivity index (χ1n) is 10.8. The number of fused-ring (bicyclic) bond motifs is 2. The van der Waals surface area contributed by atoms with Gasteiger partial charge < -0.3 is 25.6 Å². The third-order valence-corrected chi connectivity index (χ3v) is 6.37. The van der Waals surface area contributed by atoms with Gasteiger partial charge in [0, 0.05) is 34.8 Å². The molecule has 3 aromatic rings. The number of benzene rings is 1. The van der Waals surface area contributed by atoms with Crippen molar-refractivity contribution < 1.29 is 28.2 Å². The second-order valence-corrected chi connectivity index (χ2v) is 8.54. The zero-order valence-electron chi connectivity index (χ0n) is 18.5. The highest BCUT2D eigenvalue weighted by molar-refractivity contribution is 5.99. The van der Waals surface area contributed by atoms with Gasteiger partial charge in [-0.3, -0.25) is 4.90 Å². The van der Waals surface area contributed by atoms with Crippen LogP contribution in [0.1, 0.15) is 12.5 Å². The number of carbonyl (C=O) groups is 1. The average Bonchev–Trinajstić information content (AvgIpc) is 3.21. The van der Waals surface area contributed by atoms with Gasteiger partial charge in [-0.1, -0.05) is 6.92 Å². The molecular formula is C23H23F2N5O4. The fraction of sp³-hybridized carbons (Fsp3) is 0.348. The Morgan fingerprint density at radius 2 is 2.06 bits per heavy atom. The lowest BCUT2D eigenvalue weighted by Crippen LogP contribution is -2.43. The van der Waals surface area contributed by atoms with Crippen molar-refractivity contribution in [3.05, 3.63) is 35.9 Å². The predicted octanol–water partition coefficient (Wildman–Crippen LogP) is 3.95. The van der Waals surface area contributed by atoms with Crippen LogP contribution in [0, 0.1) is 18.7 Å². The molecule has 0 bridgehead atoms. The summed E-state index contributed by atoms with van der Waals surface area (Å²) in [6.45, 7) is 4.32. The molecule has 0 unspecified atom stereocenters. The molecule has 4 heterocycles. The highest BCUT2D eigenvalue weighted by Gasteiger charge is 2.35. The molecule has 0 saturated carbocycles. The SMILES string of the molecule is Cc1c(-c2cc3cc(N(C(=O)O)[C@@H]4COC[C@@H]4C)ncc3c(N)c2F)cnc2c1NC[C@H](F)O2. The number of halogens is 2. The quantitative estimate of drug-likeness (QED) is 0.491. The summed E-state index contributed by atoms with van der Waals surface area (Å²) in [6, 6.07) is 2.76. The van der Waals surface area contributed by atoms with E-state index in [0.29, 0.717) is 34.2 Å². The summed E-state index contributed by atoms with van der Waals surface area (Å²) < 4.78 is 39.5. The van der Waals surface area contributed by atoms with E-state index in [-0.39, 0.29) is 42.0 Å². The number of pyridine rings is 2. The fourth-order valence-electron chi connectivity index (χ4n) is 4.50. The number of rotatable bonds is 3. The summed E-state index contributed by atoms with van der Waals surface area (Å²) in [4.78, 5) is 21.7. The fourth-order valence-corrected chi connectivity index (χ4v) is 4.50. The minimum Gasteiger partial charge on any atom is -0.465 e. The molecule has 9 nitrogen and oxygen atoms in total. The number of amides is 1. The Hall–Kier alpha value is -3.73. The Labute approximate surface area is 193 Å². The topological polar surface area (TPSA) is 123 Å². The van der Waals surface area contributed by atoms with E-state index in [0.717, 1.165) is 0 Å². The molecule has 3 atom stereocenters. The van der Waals surface area contributed by atoms with Crippen molar-refractivity contribution in [1.29, 1.82) is 0 Å². The number of nitrogens with one attached hydrogen (secondary N) is 1. The Morgan fingerprint density at radius 1 is 1.26 bits per heavy atom. The van der Waals surface area contributed by atoms with Crippen LogP contribution in [0.15, 0.2) is 24.5 Å². The van der Waals surface area contributed by atoms with E-state index in [4.69, 9.17) is 15.2 Å². The Bertz CT molecular complexity index is 1300. The number of nitrogens with two attached hydrogens (primary N) is 1. The van der Waals surface area contributed by atoms with Gasteiger partial charge in [-0.15, -0.1) is 0 Å². The minimum absolute atomic E-state index is 0.00898. The van der Waals surface area contributed by atoms with Crippen LogP contribution >= 0.6 is 0 Å². The van der Waals surface area contributed by atoms with Crippen LogP contribution in [0.4, 0.5) is 30.8 Å². The third kappa shape index (κ3) is 3.52. The van der Waals surface area contributed by atoms with Crippen LogP contribution in [0.25, 0.3) is 21.9 Å². The van der Waals surface area contributed by atoms with Gasteiger partial charge >= 0.3 is 6.09 Å². The standard InChI is InChI=1S/C23H23F2N5O4/c1-10-8-33-9-16(10)30(23(31)32)18-4-12-3-13(19(25)20(26)15(12)6-27-18)14-5-29-22-21(11(14)2)28-7-17(24)34-22/h3-6,10,16-17,28H,7-9,26H2,1-2H3,(H,31,32)/t10-,16+,17+/m0/s1. The number of aromatic nitrogens is 2. The maximum Gasteiger partial charge on any atom is 0.413 e. The molecule has 34 heavy (non-hydrogen) atoms. The predicted molar refractivity (Wildman–Crippen MR) is 122 cm³/mol. The summed E-state index contributed by atoms with van der Waals surface area (Å²) in [5.41, 5.74) is 7.73. The zero-order valence-corrected chi connectivity index (χ0v) is 18.5. The van der Waals surface area contributed by atoms with E-state index in [1.54, 1.807) is 19.1 Å². The molecule has 11 heteroatoms. The number of hydrogen-bond donors (Lipinski definition) is 3. The smallest absolute Gasteiger partial charge is 0.413 e. The molecule has 1 amide bonds. The van der Waals surface area contributed by atoms with E-state index >= 15 is 4.39 Å². The lowest BCUT2D eigenvalue weighted by molar-refractivity contribution is 0.0688. The monoisotopic (exact) mass is 471 g/mol. The number of alkyl halides is 1. The van der Waals surface area contributed by atoms with Gasteiger partial charge in [-0.2, -0.15) is 4.39 Å². The summed E-state index contributed by atoms with van der Waals surface area (Å²) in [5.74, 6) is -0.362. The van der Waals surface area contributed by atoms with Crippen molar-refractivity contribution in [2.24, 2.45) is 5.92 Å². The largest absolute Gasteiger partial charge is 0.465 e. The van der Waals surface area contributed by atoms with E-state index in [1.807, 2.05) is 6.92 Å². The lowest BCUT2D eigenvalue weighted by atomic mass is 9.97. The summed E-state index contributed by atoms with van der Waals surface area (Å²) >= 11 is 0. The van der Waals surface area contributed by atoms with E-state index in [1.165, 1.54) is 17.3 Å². The first-order chi connectivity index (χ1) is 16.3. The first-order valence-corrected chi connectivity index (χ1v) is 10.8. The van der Waals surface area contributed by atoms with Gasteiger partial charge in [0.05, 0.1) is 31.5 Å². The van der Waals surface area contributed by atoms with Crippen molar-refractivity contribution in [2.45, 2.75) is 26.2 Å². The molecule has 2 aromatic heterocycles. The van der Waals surface area contributed by atoms with Crippen LogP contribution in [-0.4, -0.2) is 53.3 Å². The van der Waals surface area contributed by atoms with Crippen molar-refractivity contribution >= 4 is 34.1 Å². The normalized spacial score (nSPS) is 21.6. The molecule has 4 N–H and O–H groups in total. The molecular weight excluding hydrogens is 448 g/mol. The Morgan fingerprint density at radius 3 is 2.76 bits per heavy atom. The highest BCUT2D eigenvalue weighted by Crippen LogP contribution is 2.40. The molecule has 0 aliphatic carbocycles. The van der Waals surface area contributed by atoms with E-state index in [2.05, 4.69) is 15.3 Å². The first kappa shape index (κ1) is 22.1. The van der Waals surface area contributed by atoms with Crippen molar-refractivity contribution in [3.8, 4) is 17.0 Å². The van der Waals surface area contributed by atoms with Crippen LogP contribution in [-0.2, 0) is 4.74 Å². The van der Waals surface area contributed by atoms with Crippen LogP contribution in [0.5, 0.6) is 5.88 Å². The lowest BCUT2D eigenvalue weighted by Gasteiger charge is -2.27. The molecule has 178 valence electrons. The summed E-state index contributed by atoms with van der Waals surface area (Å²) in [5, 5.41) is 13.7. The summed E-state index contributed by atoms with van der Waals surface area (Å²) in [7, 11) is 0. The van der Waals surface area contributed by atoms with Gasteiger partial charge in [-0.25, -0.2) is 19.2 Å². The van der Waals surface area contributed by atoms with E-state index < -0.39 is 24.3 Å². The summed E-state index contributed by atoms with van der Waals surface area (Å²) in [6.07, 6.45) is 0.101. The van der Waals surface area contributed by atoms with Gasteiger partial charge in [0.1, 0.15) is 11.5 Å². The number of nitrogen functional groups attached to an aromatic ring is 1. The number of ether oxygens (including phenoxy) is 2. The number of hydrogen-bond acceptors (Lipinski definition) is 7. The molecule has 2 aliphatic heterocycles. The Kier molecular flexibility index (Phi) is 5.35. The average molecular weight is 471 g/mol. The molecule has 1 fully saturated rings. The number of anilines is 3. The van der Waals surface area contributed by atoms with Crippen molar-refractivity contribution in [2.75, 3.05) is 35.7 Å². The maximum absolute atomic E-state index is 15.4. The van der Waals surface area contributed by atoms with Gasteiger partial charge in [0.25, 0.3) is 6.36 Å². The van der Waals surface area contributed by atoms with Crippen LogP contribution in [0.3, 0.4) is 0 Å². The number of nitrogens with zero attached hydrogens (tertiary/aromatic N) is 3. The maximum atomic E-state index is 15.4. The van der Waals surface area contributed by atoms with Gasteiger partial charge in [0.15, 0.2) is 5.82 Å². The van der Waals surface area contributed by atoms with E-state index in [9.17, 15) is 14.3 Å². The molecule has 1 saturated heterocycles. The van der Waals surface area contributed by atoms with Crippen LogP contribution in [0.2, 0.25) is 0 Å². The highest BCUT2D eigenvalue weighted by atomic mass is 19.1. The van der Waals surface area contributed by atoms with Gasteiger partial charge in [0.2, 0.25) is 5.88 Å². The third-order valence-electron chi connectivity index (χ3n) is 6.37. The zero-order chi connectivity index (χ0) is 24.1. The minimum atomic E-state index is -1.52. The molecule has 2 aliphatic rings. The van der Waals surface area contributed by atoms with Crippen LogP contribution < -0.4 is 20.7 Å². The molecule has 1 aromatic carbocycles. The van der Waals surface area contributed by atoms with Gasteiger partial charge in [-0.05, 0) is 30.0 Å². The second kappa shape index (κ2) is 8.24. The Balaban J connectivity index is 1.63. The number of carboxylic acid groups (broad SMARTS) is 1. The molecule has 5 rings (SSSR count). The molecule has 0 radical (unpaired) electrons. The van der Waals surface area contributed by atoms with Crippen molar-refractivity contribution in [1.82, 2.24) is 9.97 Å². The second-order valence-electron chi connectivity index (χ2n) is 8.54.